The van der Waals surface area contributed by atoms with E-state index in [9.17, 15) is 5.11 Å². The molecule has 1 aliphatic heterocycles. The minimum Gasteiger partial charge on any atom is -0.494 e. The van der Waals surface area contributed by atoms with Gasteiger partial charge in [-0.05, 0) is 42.8 Å². The number of ether oxygens (including phenoxy) is 1. The fourth-order valence-electron chi connectivity index (χ4n) is 4.01. The summed E-state index contributed by atoms with van der Waals surface area (Å²) in [6.07, 6.45) is 0.972. The van der Waals surface area contributed by atoms with Gasteiger partial charge < -0.3 is 19.6 Å². The summed E-state index contributed by atoms with van der Waals surface area (Å²) in [5.74, 6) is 1.49. The molecule has 0 bridgehead atoms. The number of rotatable bonds is 9. The summed E-state index contributed by atoms with van der Waals surface area (Å²) in [7, 11) is 4.05. The standard InChI is InChI=1S/C26H34N6O2/c1-4-19-34-23-11-7-20(8-12-23)24-25(21-5-9-22(10-6-21)30(2)3)28-29-26(27-24)32-15-13-31(14-16-32)17-18-33/h5-12,33H,4,13-19H2,1-3H3. The van der Waals surface area contributed by atoms with Crippen molar-refractivity contribution in [3.63, 3.8) is 0 Å². The lowest BCUT2D eigenvalue weighted by Gasteiger charge is -2.34. The van der Waals surface area contributed by atoms with Crippen LogP contribution in [0.5, 0.6) is 5.75 Å². The van der Waals surface area contributed by atoms with Gasteiger partial charge in [0, 0.05) is 63.6 Å². The molecule has 2 heterocycles. The fourth-order valence-corrected chi connectivity index (χ4v) is 4.01. The Morgan fingerprint density at radius 3 is 2.15 bits per heavy atom. The molecule has 0 spiro atoms. The number of aliphatic hydroxyl groups excluding tert-OH is 1. The first-order valence-electron chi connectivity index (χ1n) is 11.9. The Morgan fingerprint density at radius 2 is 1.53 bits per heavy atom. The summed E-state index contributed by atoms with van der Waals surface area (Å²) >= 11 is 0. The van der Waals surface area contributed by atoms with Crippen molar-refractivity contribution in [1.82, 2.24) is 20.1 Å². The number of aromatic nitrogens is 3. The van der Waals surface area contributed by atoms with Gasteiger partial charge in [-0.15, -0.1) is 10.2 Å². The minimum atomic E-state index is 0.182. The minimum absolute atomic E-state index is 0.182. The number of benzene rings is 2. The summed E-state index contributed by atoms with van der Waals surface area (Å²) in [5, 5.41) is 18.4. The molecular formula is C26H34N6O2. The summed E-state index contributed by atoms with van der Waals surface area (Å²) in [6, 6.07) is 16.3. The van der Waals surface area contributed by atoms with Crippen molar-refractivity contribution in [2.75, 3.05) is 69.8 Å². The highest BCUT2D eigenvalue weighted by molar-refractivity contribution is 5.79. The summed E-state index contributed by atoms with van der Waals surface area (Å²) in [5.41, 5.74) is 4.65. The number of anilines is 2. The van der Waals surface area contributed by atoms with Gasteiger partial charge in [0.1, 0.15) is 17.1 Å². The van der Waals surface area contributed by atoms with Crippen molar-refractivity contribution in [2.45, 2.75) is 13.3 Å². The van der Waals surface area contributed by atoms with Crippen molar-refractivity contribution in [3.8, 4) is 28.3 Å². The van der Waals surface area contributed by atoms with E-state index in [0.29, 0.717) is 19.1 Å². The normalized spacial score (nSPS) is 14.3. The van der Waals surface area contributed by atoms with Gasteiger partial charge in [-0.1, -0.05) is 19.1 Å². The smallest absolute Gasteiger partial charge is 0.246 e. The van der Waals surface area contributed by atoms with Crippen LogP contribution in [-0.2, 0) is 0 Å². The molecule has 0 unspecified atom stereocenters. The molecule has 8 nitrogen and oxygen atoms in total. The third-order valence-corrected chi connectivity index (χ3v) is 6.00. The molecule has 3 aromatic rings. The quantitative estimate of drug-likeness (QED) is 0.520. The Morgan fingerprint density at radius 1 is 0.882 bits per heavy atom. The summed E-state index contributed by atoms with van der Waals surface area (Å²) in [6.45, 7) is 7.04. The van der Waals surface area contributed by atoms with Crippen molar-refractivity contribution >= 4 is 11.6 Å². The molecule has 0 aliphatic carbocycles. The van der Waals surface area contributed by atoms with Gasteiger partial charge in [0.2, 0.25) is 5.95 Å². The first kappa shape index (κ1) is 23.9. The van der Waals surface area contributed by atoms with E-state index in [0.717, 1.165) is 66.6 Å². The molecule has 1 fully saturated rings. The Hall–Kier alpha value is -3.23. The molecule has 1 aromatic heterocycles. The van der Waals surface area contributed by atoms with Crippen molar-refractivity contribution < 1.29 is 9.84 Å². The van der Waals surface area contributed by atoms with Crippen LogP contribution in [-0.4, -0.2) is 85.2 Å². The van der Waals surface area contributed by atoms with E-state index in [-0.39, 0.29) is 6.61 Å². The first-order chi connectivity index (χ1) is 16.6. The van der Waals surface area contributed by atoms with E-state index in [4.69, 9.17) is 9.72 Å². The van der Waals surface area contributed by atoms with Gasteiger partial charge in [-0.3, -0.25) is 4.90 Å². The molecule has 180 valence electrons. The Balaban J connectivity index is 1.67. The van der Waals surface area contributed by atoms with Gasteiger partial charge in [0.25, 0.3) is 0 Å². The van der Waals surface area contributed by atoms with Crippen LogP contribution in [0, 0.1) is 0 Å². The van der Waals surface area contributed by atoms with Crippen LogP contribution >= 0.6 is 0 Å². The highest BCUT2D eigenvalue weighted by Gasteiger charge is 2.21. The zero-order valence-corrected chi connectivity index (χ0v) is 20.3. The van der Waals surface area contributed by atoms with Crippen molar-refractivity contribution in [2.24, 2.45) is 0 Å². The molecule has 1 saturated heterocycles. The predicted molar refractivity (Wildman–Crippen MR) is 137 cm³/mol. The highest BCUT2D eigenvalue weighted by Crippen LogP contribution is 2.32. The molecular weight excluding hydrogens is 428 g/mol. The van der Waals surface area contributed by atoms with Gasteiger partial charge >= 0.3 is 0 Å². The van der Waals surface area contributed by atoms with Crippen LogP contribution in [0.3, 0.4) is 0 Å². The number of aliphatic hydroxyl groups is 1. The maximum atomic E-state index is 9.22. The number of β-amino-alcohol motifs (C(OH)–C–C–N with tert-alkyl or cyclic N) is 1. The van der Waals surface area contributed by atoms with Gasteiger partial charge in [-0.2, -0.15) is 0 Å². The monoisotopic (exact) mass is 462 g/mol. The average Bonchev–Trinajstić information content (AvgIpc) is 2.88. The highest BCUT2D eigenvalue weighted by atomic mass is 16.5. The second-order valence-corrected chi connectivity index (χ2v) is 8.68. The van der Waals surface area contributed by atoms with Crippen LogP contribution < -0.4 is 14.5 Å². The molecule has 2 aromatic carbocycles. The number of piperazine rings is 1. The van der Waals surface area contributed by atoms with Crippen LogP contribution in [0.25, 0.3) is 22.5 Å². The molecule has 0 radical (unpaired) electrons. The third kappa shape index (κ3) is 5.63. The van der Waals surface area contributed by atoms with E-state index in [1.807, 2.05) is 38.4 Å². The number of nitrogens with zero attached hydrogens (tertiary/aromatic N) is 6. The van der Waals surface area contributed by atoms with E-state index >= 15 is 0 Å². The van der Waals surface area contributed by atoms with E-state index < -0.39 is 0 Å². The van der Waals surface area contributed by atoms with Gasteiger partial charge in [-0.25, -0.2) is 4.98 Å². The second-order valence-electron chi connectivity index (χ2n) is 8.68. The topological polar surface area (TPSA) is 77.8 Å². The Labute approximate surface area is 201 Å². The summed E-state index contributed by atoms with van der Waals surface area (Å²) in [4.78, 5) is 11.5. The van der Waals surface area contributed by atoms with Crippen molar-refractivity contribution in [3.05, 3.63) is 48.5 Å². The molecule has 4 rings (SSSR count). The molecule has 0 saturated carbocycles. The van der Waals surface area contributed by atoms with Gasteiger partial charge in [0.15, 0.2) is 0 Å². The molecule has 0 atom stereocenters. The predicted octanol–water partition coefficient (Wildman–Crippen LogP) is 3.17. The van der Waals surface area contributed by atoms with Crippen LogP contribution in [0.2, 0.25) is 0 Å². The zero-order valence-electron chi connectivity index (χ0n) is 20.3. The molecule has 1 aliphatic rings. The molecule has 34 heavy (non-hydrogen) atoms. The second kappa shape index (κ2) is 11.3. The van der Waals surface area contributed by atoms with E-state index in [2.05, 4.69) is 56.1 Å². The molecule has 1 N–H and O–H groups in total. The van der Waals surface area contributed by atoms with Crippen LogP contribution in [0.1, 0.15) is 13.3 Å². The summed E-state index contributed by atoms with van der Waals surface area (Å²) < 4.78 is 5.76. The van der Waals surface area contributed by atoms with Gasteiger partial charge in [0.05, 0.1) is 13.2 Å². The molecule has 0 amide bonds. The van der Waals surface area contributed by atoms with Crippen molar-refractivity contribution in [1.29, 1.82) is 0 Å². The lowest BCUT2D eigenvalue weighted by molar-refractivity contribution is 0.188. The fraction of sp³-hybridized carbons (Fsp3) is 0.423. The zero-order chi connectivity index (χ0) is 23.9. The Bertz CT molecular complexity index is 1050. The lowest BCUT2D eigenvalue weighted by atomic mass is 10.0. The number of hydrogen-bond donors (Lipinski definition) is 1. The Kier molecular flexibility index (Phi) is 7.92. The first-order valence-corrected chi connectivity index (χ1v) is 11.9. The van der Waals surface area contributed by atoms with E-state index in [1.165, 1.54) is 0 Å². The average molecular weight is 463 g/mol. The largest absolute Gasteiger partial charge is 0.494 e. The lowest BCUT2D eigenvalue weighted by Crippen LogP contribution is -2.47. The van der Waals surface area contributed by atoms with Crippen LogP contribution in [0.4, 0.5) is 11.6 Å². The molecule has 8 heteroatoms. The maximum absolute atomic E-state index is 9.22. The maximum Gasteiger partial charge on any atom is 0.246 e. The van der Waals surface area contributed by atoms with Crippen LogP contribution in [0.15, 0.2) is 48.5 Å². The SMILES string of the molecule is CCCOc1ccc(-c2nc(N3CCN(CCO)CC3)nnc2-c2ccc(N(C)C)cc2)cc1. The van der Waals surface area contributed by atoms with E-state index in [1.54, 1.807) is 0 Å². The third-order valence-electron chi connectivity index (χ3n) is 6.00. The number of hydrogen-bond acceptors (Lipinski definition) is 8.